The Kier molecular flexibility index (Phi) is 17.0. The van der Waals surface area contributed by atoms with Gasteiger partial charge in [-0.05, 0) is 32.6 Å². The van der Waals surface area contributed by atoms with Crippen LogP contribution in [0.3, 0.4) is 0 Å². The van der Waals surface area contributed by atoms with Crippen LogP contribution < -0.4 is 40.0 Å². The number of hydrogen-bond acceptors (Lipinski definition) is 4. The molecule has 0 aliphatic rings. The molecule has 0 saturated carbocycles. The summed E-state index contributed by atoms with van der Waals surface area (Å²) in [7, 11) is 0. The van der Waals surface area contributed by atoms with Crippen molar-refractivity contribution < 1.29 is 49.4 Å². The molecule has 2 atom stereocenters. The van der Waals surface area contributed by atoms with E-state index in [2.05, 4.69) is 17.2 Å². The SMILES string of the molecule is CCCCCCCCCCC([O-])=N[C@@H](C)C(=O)N[C@@H](C)C(=O)O.[Na+]. The summed E-state index contributed by atoms with van der Waals surface area (Å²) in [5, 5.41) is 22.7. The fraction of sp³-hybridized carbons (Fsp3) is 0.824. The molecule has 0 aliphatic heterocycles. The van der Waals surface area contributed by atoms with Crippen molar-refractivity contribution in [2.24, 2.45) is 4.99 Å². The van der Waals surface area contributed by atoms with Gasteiger partial charge in [0.25, 0.3) is 0 Å². The van der Waals surface area contributed by atoms with Crippen LogP contribution >= 0.6 is 0 Å². The predicted molar refractivity (Wildman–Crippen MR) is 89.4 cm³/mol. The second-order valence-electron chi connectivity index (χ2n) is 5.99. The first-order valence-electron chi connectivity index (χ1n) is 8.65. The molecule has 2 N–H and O–H groups in total. The molecule has 0 unspecified atom stereocenters. The standard InChI is InChI=1S/C17H32N2O4.Na/c1-4-5-6-7-8-9-10-11-12-15(20)18-13(2)16(21)19-14(3)17(22)23;/h13-14H,4-12H2,1-3H3,(H,18,20)(H,19,21)(H,22,23);/q;+1/p-1/t13-,14-;/m0./s1. The van der Waals surface area contributed by atoms with Gasteiger partial charge in [-0.15, -0.1) is 0 Å². The first-order chi connectivity index (χ1) is 10.9. The summed E-state index contributed by atoms with van der Waals surface area (Å²) in [6.07, 6.45) is 9.55. The van der Waals surface area contributed by atoms with Crippen molar-refractivity contribution in [3.63, 3.8) is 0 Å². The third-order valence-electron chi connectivity index (χ3n) is 3.69. The van der Waals surface area contributed by atoms with Crippen LogP contribution in [0.4, 0.5) is 0 Å². The molecule has 24 heavy (non-hydrogen) atoms. The van der Waals surface area contributed by atoms with E-state index in [0.717, 1.165) is 19.3 Å². The second kappa shape index (κ2) is 15.9. The number of hydrogen-bond donors (Lipinski definition) is 2. The minimum Gasteiger partial charge on any atom is -0.862 e. The number of carboxylic acid groups (broad SMARTS) is 1. The molecular weight excluding hydrogens is 319 g/mol. The summed E-state index contributed by atoms with van der Waals surface area (Å²) >= 11 is 0. The third kappa shape index (κ3) is 13.8. The summed E-state index contributed by atoms with van der Waals surface area (Å²) in [5.74, 6) is -1.94. The minimum atomic E-state index is -1.11. The van der Waals surface area contributed by atoms with E-state index in [4.69, 9.17) is 5.11 Å². The number of carbonyl (C=O) groups is 2. The average molecular weight is 350 g/mol. The van der Waals surface area contributed by atoms with Crippen molar-refractivity contribution in [3.05, 3.63) is 0 Å². The van der Waals surface area contributed by atoms with Gasteiger partial charge in [0, 0.05) is 0 Å². The van der Waals surface area contributed by atoms with Gasteiger partial charge < -0.3 is 15.5 Å². The summed E-state index contributed by atoms with van der Waals surface area (Å²) in [5.41, 5.74) is 0. The number of rotatable bonds is 13. The maximum atomic E-state index is 11.7. The van der Waals surface area contributed by atoms with Crippen LogP contribution in [0.5, 0.6) is 0 Å². The molecule has 0 saturated heterocycles. The first kappa shape index (κ1) is 25.6. The number of nitrogens with zero attached hydrogens (tertiary/aromatic N) is 1. The largest absolute Gasteiger partial charge is 1.00 e. The third-order valence-corrected chi connectivity index (χ3v) is 3.69. The molecular formula is C17H31N2NaO4. The number of amides is 1. The van der Waals surface area contributed by atoms with Gasteiger partial charge in [0.15, 0.2) is 0 Å². The number of unbranched alkanes of at least 4 members (excludes halogenated alkanes) is 7. The van der Waals surface area contributed by atoms with Crippen molar-refractivity contribution in [1.29, 1.82) is 0 Å². The van der Waals surface area contributed by atoms with Gasteiger partial charge in [0.1, 0.15) is 12.1 Å². The van der Waals surface area contributed by atoms with Gasteiger partial charge in [0.05, 0.1) is 0 Å². The van der Waals surface area contributed by atoms with E-state index in [1.165, 1.54) is 46.0 Å². The monoisotopic (exact) mass is 350 g/mol. The van der Waals surface area contributed by atoms with Crippen LogP contribution in [0.2, 0.25) is 0 Å². The molecule has 0 bridgehead atoms. The van der Waals surface area contributed by atoms with E-state index >= 15 is 0 Å². The zero-order valence-corrected chi connectivity index (χ0v) is 17.6. The quantitative estimate of drug-likeness (QED) is 0.198. The Morgan fingerprint density at radius 1 is 1.04 bits per heavy atom. The normalized spacial score (nSPS) is 13.7. The van der Waals surface area contributed by atoms with Crippen LogP contribution in [0, 0.1) is 0 Å². The fourth-order valence-corrected chi connectivity index (χ4v) is 2.15. The molecule has 134 valence electrons. The first-order valence-corrected chi connectivity index (χ1v) is 8.65. The van der Waals surface area contributed by atoms with Crippen LogP contribution in [0.1, 0.15) is 78.6 Å². The molecule has 0 spiro atoms. The van der Waals surface area contributed by atoms with Crippen LogP contribution in [-0.4, -0.2) is 35.0 Å². The predicted octanol–water partition coefficient (Wildman–Crippen LogP) is -0.742. The van der Waals surface area contributed by atoms with E-state index in [0.29, 0.717) is 6.42 Å². The number of carbonyl (C=O) groups excluding carboxylic acids is 1. The van der Waals surface area contributed by atoms with Crippen LogP contribution in [-0.2, 0) is 9.59 Å². The molecule has 7 heteroatoms. The Bertz CT molecular complexity index is 389. The molecule has 1 amide bonds. The number of nitrogens with one attached hydrogen (secondary N) is 1. The Labute approximate surface area is 167 Å². The van der Waals surface area contributed by atoms with E-state index in [1.807, 2.05) is 0 Å². The molecule has 0 aromatic heterocycles. The Morgan fingerprint density at radius 3 is 2.04 bits per heavy atom. The zero-order valence-electron chi connectivity index (χ0n) is 15.6. The fourth-order valence-electron chi connectivity index (χ4n) is 2.15. The van der Waals surface area contributed by atoms with Crippen molar-refractivity contribution in [1.82, 2.24) is 5.32 Å². The molecule has 0 aliphatic carbocycles. The molecule has 0 radical (unpaired) electrons. The van der Waals surface area contributed by atoms with Crippen molar-refractivity contribution >= 4 is 17.8 Å². The Balaban J connectivity index is 0. The maximum Gasteiger partial charge on any atom is 1.00 e. The van der Waals surface area contributed by atoms with Gasteiger partial charge in [-0.1, -0.05) is 51.9 Å². The van der Waals surface area contributed by atoms with Crippen molar-refractivity contribution in [2.75, 3.05) is 0 Å². The molecule has 0 aromatic carbocycles. The van der Waals surface area contributed by atoms with Crippen molar-refractivity contribution in [2.45, 2.75) is 90.6 Å². The Morgan fingerprint density at radius 2 is 1.54 bits per heavy atom. The molecule has 0 heterocycles. The van der Waals surface area contributed by atoms with E-state index in [9.17, 15) is 14.7 Å². The number of aliphatic carboxylic acids is 1. The van der Waals surface area contributed by atoms with E-state index in [-0.39, 0.29) is 35.5 Å². The van der Waals surface area contributed by atoms with Crippen LogP contribution in [0.25, 0.3) is 0 Å². The number of aliphatic imine (C=N–C) groups is 1. The topological polar surface area (TPSA) is 102 Å². The summed E-state index contributed by atoms with van der Waals surface area (Å²) in [6, 6.07) is -1.83. The molecule has 6 nitrogen and oxygen atoms in total. The van der Waals surface area contributed by atoms with Gasteiger partial charge in [-0.2, -0.15) is 0 Å². The Hall–Kier alpha value is -0.590. The maximum absolute atomic E-state index is 11.7. The summed E-state index contributed by atoms with van der Waals surface area (Å²) in [4.78, 5) is 26.1. The summed E-state index contributed by atoms with van der Waals surface area (Å²) < 4.78 is 0. The van der Waals surface area contributed by atoms with Gasteiger partial charge >= 0.3 is 35.5 Å². The van der Waals surface area contributed by atoms with Gasteiger partial charge in [-0.3, -0.25) is 14.6 Å². The zero-order chi connectivity index (χ0) is 17.7. The van der Waals surface area contributed by atoms with E-state index < -0.39 is 24.0 Å². The average Bonchev–Trinajstić information content (AvgIpc) is 2.49. The van der Waals surface area contributed by atoms with E-state index in [1.54, 1.807) is 0 Å². The smallest absolute Gasteiger partial charge is 0.862 e. The van der Waals surface area contributed by atoms with Gasteiger partial charge in [0.2, 0.25) is 5.91 Å². The summed E-state index contributed by atoms with van der Waals surface area (Å²) in [6.45, 7) is 5.06. The van der Waals surface area contributed by atoms with Gasteiger partial charge in [-0.25, -0.2) is 0 Å². The second-order valence-corrected chi connectivity index (χ2v) is 5.99. The molecule has 0 aromatic rings. The van der Waals surface area contributed by atoms with Crippen LogP contribution in [0.15, 0.2) is 4.99 Å². The number of carboxylic acids is 1. The molecule has 0 fully saturated rings. The molecule has 0 rings (SSSR count). The van der Waals surface area contributed by atoms with Crippen molar-refractivity contribution in [3.8, 4) is 0 Å². The minimum absolute atomic E-state index is 0.